The van der Waals surface area contributed by atoms with Gasteiger partial charge in [0, 0.05) is 35.9 Å². The molecule has 0 radical (unpaired) electrons. The van der Waals surface area contributed by atoms with Crippen molar-refractivity contribution in [3.05, 3.63) is 36.0 Å². The van der Waals surface area contributed by atoms with Crippen molar-refractivity contribution in [3.8, 4) is 0 Å². The molecule has 0 atom stereocenters. The summed E-state index contributed by atoms with van der Waals surface area (Å²) in [5.41, 5.74) is 1.48. The van der Waals surface area contributed by atoms with Gasteiger partial charge in [0.05, 0.1) is 5.56 Å². The quantitative estimate of drug-likeness (QED) is 0.494. The van der Waals surface area contributed by atoms with E-state index in [0.717, 1.165) is 22.8 Å². The maximum absolute atomic E-state index is 11.8. The van der Waals surface area contributed by atoms with Crippen molar-refractivity contribution in [1.82, 2.24) is 4.57 Å². The number of carbonyl (C=O) groups excluding carboxylic acids is 2. The van der Waals surface area contributed by atoms with Gasteiger partial charge in [0.1, 0.15) is 0 Å². The topological polar surface area (TPSA) is 39.1 Å². The van der Waals surface area contributed by atoms with Crippen LogP contribution in [-0.2, 0) is 11.3 Å². The zero-order chi connectivity index (χ0) is 12.4. The standard InChI is InChI=1S/C13H12BrNO2/c1-9(16)13(17)11-8-15(7-6-14)12-5-3-2-4-10(11)12/h2-5,8H,6-7H2,1H3. The van der Waals surface area contributed by atoms with E-state index in [1.54, 1.807) is 6.20 Å². The summed E-state index contributed by atoms with van der Waals surface area (Å²) in [6.07, 6.45) is 1.76. The van der Waals surface area contributed by atoms with Gasteiger partial charge in [0.15, 0.2) is 5.78 Å². The fourth-order valence-corrected chi connectivity index (χ4v) is 2.28. The molecule has 0 spiro atoms. The van der Waals surface area contributed by atoms with Crippen molar-refractivity contribution in [1.29, 1.82) is 0 Å². The van der Waals surface area contributed by atoms with Crippen molar-refractivity contribution < 1.29 is 9.59 Å². The molecule has 0 aliphatic carbocycles. The van der Waals surface area contributed by atoms with Gasteiger partial charge in [-0.2, -0.15) is 0 Å². The number of hydrogen-bond donors (Lipinski definition) is 0. The van der Waals surface area contributed by atoms with Crippen molar-refractivity contribution >= 4 is 38.4 Å². The van der Waals surface area contributed by atoms with Gasteiger partial charge in [-0.3, -0.25) is 9.59 Å². The highest BCUT2D eigenvalue weighted by Crippen LogP contribution is 2.22. The smallest absolute Gasteiger partial charge is 0.230 e. The molecule has 2 aromatic rings. The number of nitrogens with zero attached hydrogens (tertiary/aromatic N) is 1. The minimum Gasteiger partial charge on any atom is -0.346 e. The summed E-state index contributed by atoms with van der Waals surface area (Å²) in [5, 5.41) is 1.65. The van der Waals surface area contributed by atoms with E-state index >= 15 is 0 Å². The number of aromatic nitrogens is 1. The molecule has 2 rings (SSSR count). The Hall–Kier alpha value is -1.42. The maximum atomic E-state index is 11.8. The molecule has 17 heavy (non-hydrogen) atoms. The first-order valence-corrected chi connectivity index (χ1v) is 6.46. The predicted molar refractivity (Wildman–Crippen MR) is 70.7 cm³/mol. The third-order valence-corrected chi connectivity index (χ3v) is 3.03. The first kappa shape index (κ1) is 12.0. The largest absolute Gasteiger partial charge is 0.346 e. The molecule has 0 N–H and O–H groups in total. The molecule has 1 aromatic heterocycles. The predicted octanol–water partition coefficient (Wildman–Crippen LogP) is 2.81. The van der Waals surface area contributed by atoms with Gasteiger partial charge in [0.2, 0.25) is 5.78 Å². The zero-order valence-corrected chi connectivity index (χ0v) is 11.0. The van der Waals surface area contributed by atoms with E-state index in [1.165, 1.54) is 6.92 Å². The molecular weight excluding hydrogens is 282 g/mol. The van der Waals surface area contributed by atoms with Crippen LogP contribution in [0.3, 0.4) is 0 Å². The zero-order valence-electron chi connectivity index (χ0n) is 9.44. The summed E-state index contributed by atoms with van der Waals surface area (Å²) in [6, 6.07) is 7.62. The average molecular weight is 294 g/mol. The molecule has 0 fully saturated rings. The second-order valence-electron chi connectivity index (χ2n) is 3.83. The van der Waals surface area contributed by atoms with Crippen LogP contribution in [0.2, 0.25) is 0 Å². The lowest BCUT2D eigenvalue weighted by atomic mass is 10.1. The SMILES string of the molecule is CC(=O)C(=O)c1cn(CCBr)c2ccccc12. The molecular formula is C13H12BrNO2. The van der Waals surface area contributed by atoms with E-state index in [4.69, 9.17) is 0 Å². The number of alkyl halides is 1. The Kier molecular flexibility index (Phi) is 3.43. The van der Waals surface area contributed by atoms with Crippen molar-refractivity contribution in [2.75, 3.05) is 5.33 Å². The van der Waals surface area contributed by atoms with Crippen molar-refractivity contribution in [2.24, 2.45) is 0 Å². The number of hydrogen-bond acceptors (Lipinski definition) is 2. The fourth-order valence-electron chi connectivity index (χ4n) is 1.89. The van der Waals surface area contributed by atoms with Gasteiger partial charge in [-0.1, -0.05) is 34.1 Å². The van der Waals surface area contributed by atoms with Crippen LogP contribution in [-0.4, -0.2) is 21.5 Å². The average Bonchev–Trinajstić information content (AvgIpc) is 2.68. The molecule has 0 aliphatic heterocycles. The Balaban J connectivity index is 2.64. The van der Waals surface area contributed by atoms with E-state index in [2.05, 4.69) is 15.9 Å². The highest BCUT2D eigenvalue weighted by molar-refractivity contribution is 9.09. The van der Waals surface area contributed by atoms with Gasteiger partial charge < -0.3 is 4.57 Å². The lowest BCUT2D eigenvalue weighted by Crippen LogP contribution is -2.09. The van der Waals surface area contributed by atoms with Crippen LogP contribution < -0.4 is 0 Å². The van der Waals surface area contributed by atoms with E-state index in [0.29, 0.717) is 5.56 Å². The third kappa shape index (κ3) is 2.17. The number of Topliss-reactive ketones (excluding diaryl/α,β-unsaturated/α-hetero) is 2. The van der Waals surface area contributed by atoms with E-state index in [1.807, 2.05) is 28.8 Å². The number of aryl methyl sites for hydroxylation is 1. The Morgan fingerprint density at radius 2 is 2.00 bits per heavy atom. The Morgan fingerprint density at radius 1 is 1.29 bits per heavy atom. The number of halogens is 1. The van der Waals surface area contributed by atoms with E-state index in [-0.39, 0.29) is 0 Å². The minimum absolute atomic E-state index is 0.422. The summed E-state index contributed by atoms with van der Waals surface area (Å²) in [6.45, 7) is 2.07. The highest BCUT2D eigenvalue weighted by Gasteiger charge is 2.17. The molecule has 3 nitrogen and oxygen atoms in total. The molecule has 0 amide bonds. The fraction of sp³-hybridized carbons (Fsp3) is 0.231. The molecule has 0 saturated carbocycles. The molecule has 0 aliphatic rings. The normalized spacial score (nSPS) is 10.7. The maximum Gasteiger partial charge on any atom is 0.230 e. The monoisotopic (exact) mass is 293 g/mol. The van der Waals surface area contributed by atoms with Crippen LogP contribution in [0.15, 0.2) is 30.5 Å². The van der Waals surface area contributed by atoms with Crippen molar-refractivity contribution in [2.45, 2.75) is 13.5 Å². The summed E-state index contributed by atoms with van der Waals surface area (Å²) < 4.78 is 1.99. The van der Waals surface area contributed by atoms with Crippen LogP contribution in [0.4, 0.5) is 0 Å². The van der Waals surface area contributed by atoms with Crippen LogP contribution in [0, 0.1) is 0 Å². The molecule has 0 bridgehead atoms. The summed E-state index contributed by atoms with van der Waals surface area (Å²) >= 11 is 3.37. The lowest BCUT2D eigenvalue weighted by molar-refractivity contribution is -0.113. The molecule has 1 aromatic carbocycles. The number of carbonyl (C=O) groups is 2. The summed E-state index contributed by atoms with van der Waals surface area (Å²) in [5.74, 6) is -0.846. The number of fused-ring (bicyclic) bond motifs is 1. The number of benzene rings is 1. The van der Waals surface area contributed by atoms with Gasteiger partial charge >= 0.3 is 0 Å². The van der Waals surface area contributed by atoms with Crippen LogP contribution in [0.25, 0.3) is 10.9 Å². The number of para-hydroxylation sites is 1. The van der Waals surface area contributed by atoms with Gasteiger partial charge in [-0.25, -0.2) is 0 Å². The molecule has 0 saturated heterocycles. The van der Waals surface area contributed by atoms with Gasteiger partial charge in [-0.15, -0.1) is 0 Å². The first-order chi connectivity index (χ1) is 8.15. The Labute approximate surface area is 108 Å². The third-order valence-electron chi connectivity index (χ3n) is 2.68. The summed E-state index contributed by atoms with van der Waals surface area (Å²) in [7, 11) is 0. The van der Waals surface area contributed by atoms with Crippen LogP contribution >= 0.6 is 15.9 Å². The van der Waals surface area contributed by atoms with Crippen LogP contribution in [0.1, 0.15) is 17.3 Å². The second kappa shape index (κ2) is 4.84. The first-order valence-electron chi connectivity index (χ1n) is 5.34. The van der Waals surface area contributed by atoms with Gasteiger partial charge in [0.25, 0.3) is 0 Å². The molecule has 4 heteroatoms. The second-order valence-corrected chi connectivity index (χ2v) is 4.62. The number of ketones is 2. The Morgan fingerprint density at radius 3 is 2.65 bits per heavy atom. The Bertz CT molecular complexity index is 586. The summed E-state index contributed by atoms with van der Waals surface area (Å²) in [4.78, 5) is 23.0. The van der Waals surface area contributed by atoms with E-state index < -0.39 is 11.6 Å². The molecule has 1 heterocycles. The highest BCUT2D eigenvalue weighted by atomic mass is 79.9. The minimum atomic E-state index is -0.424. The lowest BCUT2D eigenvalue weighted by Gasteiger charge is -2.00. The van der Waals surface area contributed by atoms with Gasteiger partial charge in [-0.05, 0) is 6.07 Å². The van der Waals surface area contributed by atoms with Crippen LogP contribution in [0.5, 0.6) is 0 Å². The molecule has 0 unspecified atom stereocenters. The van der Waals surface area contributed by atoms with E-state index in [9.17, 15) is 9.59 Å². The van der Waals surface area contributed by atoms with Crippen molar-refractivity contribution in [3.63, 3.8) is 0 Å². The molecule has 88 valence electrons. The number of rotatable bonds is 4.